The molecule has 1 heterocycles. The normalized spacial score (nSPS) is 20.3. The van der Waals surface area contributed by atoms with Crippen LogP contribution in [-0.4, -0.2) is 53.6 Å². The van der Waals surface area contributed by atoms with Gasteiger partial charge in [-0.3, -0.25) is 9.59 Å². The summed E-state index contributed by atoms with van der Waals surface area (Å²) >= 11 is 0. The first-order chi connectivity index (χ1) is 15.2. The second kappa shape index (κ2) is 10.2. The number of rotatable bonds is 7. The van der Waals surface area contributed by atoms with Gasteiger partial charge in [0.05, 0.1) is 18.2 Å². The van der Waals surface area contributed by atoms with Crippen LogP contribution in [-0.2, 0) is 9.59 Å². The van der Waals surface area contributed by atoms with Gasteiger partial charge >= 0.3 is 0 Å². The molecular formula is C25H32FN3O3. The Balaban J connectivity index is 1.70. The molecule has 0 saturated carbocycles. The number of nitrogens with one attached hydrogen (secondary N) is 2. The molecule has 1 fully saturated rings. The Morgan fingerprint density at radius 2 is 1.75 bits per heavy atom. The molecule has 7 heteroatoms. The summed E-state index contributed by atoms with van der Waals surface area (Å²) in [4.78, 5) is 27.5. The number of likely N-dealkylation sites (tertiary alicyclic amines) is 1. The smallest absolute Gasteiger partial charge is 0.243 e. The lowest BCUT2D eigenvalue weighted by molar-refractivity contribution is -0.141. The molecule has 6 nitrogen and oxygen atoms in total. The maximum absolute atomic E-state index is 14.0. The van der Waals surface area contributed by atoms with E-state index in [1.807, 2.05) is 45.0 Å². The largest absolute Gasteiger partial charge is 0.391 e. The van der Waals surface area contributed by atoms with Crippen molar-refractivity contribution in [3.63, 3.8) is 0 Å². The number of aliphatic hydroxyl groups excluding tert-OH is 1. The van der Waals surface area contributed by atoms with E-state index >= 15 is 0 Å². The highest BCUT2D eigenvalue weighted by atomic mass is 19.1. The van der Waals surface area contributed by atoms with E-state index in [-0.39, 0.29) is 42.6 Å². The average molecular weight is 442 g/mol. The average Bonchev–Trinajstić information content (AvgIpc) is 3.16. The quantitative estimate of drug-likeness (QED) is 0.617. The fourth-order valence-corrected chi connectivity index (χ4v) is 4.27. The van der Waals surface area contributed by atoms with Crippen molar-refractivity contribution < 1.29 is 19.1 Å². The van der Waals surface area contributed by atoms with Crippen molar-refractivity contribution in [2.24, 2.45) is 5.92 Å². The number of carbonyl (C=O) groups is 2. The number of benzene rings is 2. The van der Waals surface area contributed by atoms with Crippen LogP contribution < -0.4 is 10.6 Å². The molecule has 2 amide bonds. The Bertz CT molecular complexity index is 948. The maximum atomic E-state index is 14.0. The summed E-state index contributed by atoms with van der Waals surface area (Å²) < 4.78 is 14.0. The van der Waals surface area contributed by atoms with Crippen molar-refractivity contribution in [3.05, 3.63) is 59.9 Å². The number of β-amino-alcohol motifs (C(OH)–C–C–N with tert-alkyl or cyclic N) is 1. The minimum atomic E-state index is -0.727. The monoisotopic (exact) mass is 441 g/mol. The fourth-order valence-electron chi connectivity index (χ4n) is 4.27. The molecule has 0 unspecified atom stereocenters. The lowest BCUT2D eigenvalue weighted by Gasteiger charge is -2.30. The van der Waals surface area contributed by atoms with E-state index in [2.05, 4.69) is 10.6 Å². The number of hydrogen-bond donors (Lipinski definition) is 3. The summed E-state index contributed by atoms with van der Waals surface area (Å²) in [6, 6.07) is 12.5. The molecule has 1 aliphatic rings. The predicted molar refractivity (Wildman–Crippen MR) is 122 cm³/mol. The number of carbonyl (C=O) groups excluding carboxylic acids is 2. The number of hydrogen-bond acceptors (Lipinski definition) is 4. The Hall–Kier alpha value is -2.77. The minimum Gasteiger partial charge on any atom is -0.391 e. The van der Waals surface area contributed by atoms with Crippen molar-refractivity contribution >= 4 is 11.8 Å². The molecule has 0 spiro atoms. The Morgan fingerprint density at radius 1 is 1.09 bits per heavy atom. The van der Waals surface area contributed by atoms with Gasteiger partial charge in [-0.1, -0.05) is 56.3 Å². The van der Waals surface area contributed by atoms with Gasteiger partial charge in [-0.25, -0.2) is 4.39 Å². The summed E-state index contributed by atoms with van der Waals surface area (Å²) in [7, 11) is 1.72. The van der Waals surface area contributed by atoms with Gasteiger partial charge in [0.25, 0.3) is 0 Å². The minimum absolute atomic E-state index is 0.0563. The van der Waals surface area contributed by atoms with Crippen LogP contribution in [0, 0.1) is 11.7 Å². The highest BCUT2D eigenvalue weighted by Crippen LogP contribution is 2.25. The van der Waals surface area contributed by atoms with E-state index in [1.165, 1.54) is 11.0 Å². The zero-order valence-corrected chi connectivity index (χ0v) is 19.0. The molecule has 4 atom stereocenters. The predicted octanol–water partition coefficient (Wildman–Crippen LogP) is 2.88. The standard InChI is InChI=1S/C25H32FN3O3/c1-15(2)23(27-4)25(32)29-14-19(30)13-22(29)24(31)28-16(3)17-9-11-18(12-10-17)20-7-5-6-8-21(20)26/h5-12,15-16,19,22-23,27,30H,13-14H2,1-4H3,(H,28,31)/t16-,19+,22-,23-/m0/s1. The summed E-state index contributed by atoms with van der Waals surface area (Å²) in [5, 5.41) is 16.1. The van der Waals surface area contributed by atoms with Crippen molar-refractivity contribution in [1.29, 1.82) is 0 Å². The molecule has 3 N–H and O–H groups in total. The Morgan fingerprint density at radius 3 is 2.34 bits per heavy atom. The van der Waals surface area contributed by atoms with Gasteiger partial charge in [0, 0.05) is 18.5 Å². The van der Waals surface area contributed by atoms with E-state index in [9.17, 15) is 19.1 Å². The van der Waals surface area contributed by atoms with E-state index in [4.69, 9.17) is 0 Å². The van der Waals surface area contributed by atoms with Crippen LogP contribution in [0.3, 0.4) is 0 Å². The molecule has 0 radical (unpaired) electrons. The first-order valence-corrected chi connectivity index (χ1v) is 11.0. The molecule has 172 valence electrons. The highest BCUT2D eigenvalue weighted by molar-refractivity contribution is 5.90. The van der Waals surface area contributed by atoms with Crippen molar-refractivity contribution in [1.82, 2.24) is 15.5 Å². The molecule has 1 saturated heterocycles. The van der Waals surface area contributed by atoms with Crippen LogP contribution in [0.25, 0.3) is 11.1 Å². The number of nitrogens with zero attached hydrogens (tertiary/aromatic N) is 1. The fraction of sp³-hybridized carbons (Fsp3) is 0.440. The third-order valence-corrected chi connectivity index (χ3v) is 6.06. The molecule has 2 aromatic carbocycles. The van der Waals surface area contributed by atoms with Gasteiger partial charge in [-0.15, -0.1) is 0 Å². The maximum Gasteiger partial charge on any atom is 0.243 e. The summed E-state index contributed by atoms with van der Waals surface area (Å²) in [5.41, 5.74) is 2.15. The SMILES string of the molecule is CN[C@H](C(=O)N1C[C@H](O)C[C@H]1C(=O)N[C@@H](C)c1ccc(-c2ccccc2F)cc1)C(C)C. The molecule has 0 bridgehead atoms. The second-order valence-electron chi connectivity index (χ2n) is 8.74. The van der Waals surface area contributed by atoms with Crippen LogP contribution in [0.2, 0.25) is 0 Å². The van der Waals surface area contributed by atoms with Crippen LogP contribution in [0.15, 0.2) is 48.5 Å². The van der Waals surface area contributed by atoms with E-state index in [1.54, 1.807) is 25.2 Å². The van der Waals surface area contributed by atoms with Gasteiger partial charge in [0.2, 0.25) is 11.8 Å². The van der Waals surface area contributed by atoms with Gasteiger partial charge in [-0.05, 0) is 37.1 Å². The van der Waals surface area contributed by atoms with Crippen molar-refractivity contribution in [2.45, 2.75) is 51.4 Å². The third-order valence-electron chi connectivity index (χ3n) is 6.06. The second-order valence-corrected chi connectivity index (χ2v) is 8.74. The van der Waals surface area contributed by atoms with Crippen LogP contribution in [0.1, 0.15) is 38.8 Å². The van der Waals surface area contributed by atoms with Crippen LogP contribution in [0.4, 0.5) is 4.39 Å². The number of likely N-dealkylation sites (N-methyl/N-ethyl adjacent to an activating group) is 1. The van der Waals surface area contributed by atoms with Crippen LogP contribution in [0.5, 0.6) is 0 Å². The van der Waals surface area contributed by atoms with E-state index < -0.39 is 18.2 Å². The van der Waals surface area contributed by atoms with Gasteiger partial charge in [0.1, 0.15) is 11.9 Å². The van der Waals surface area contributed by atoms with E-state index in [0.717, 1.165) is 11.1 Å². The van der Waals surface area contributed by atoms with Gasteiger partial charge < -0.3 is 20.6 Å². The summed E-state index contributed by atoms with van der Waals surface area (Å²) in [6.07, 6.45) is -0.514. The lowest BCUT2D eigenvalue weighted by Crippen LogP contribution is -2.53. The summed E-state index contributed by atoms with van der Waals surface area (Å²) in [5.74, 6) is -0.700. The molecule has 0 aromatic heterocycles. The lowest BCUT2D eigenvalue weighted by atomic mass is 10.0. The molecule has 0 aliphatic carbocycles. The van der Waals surface area contributed by atoms with Crippen LogP contribution >= 0.6 is 0 Å². The summed E-state index contributed by atoms with van der Waals surface area (Å²) in [6.45, 7) is 5.88. The third kappa shape index (κ3) is 5.16. The molecule has 1 aliphatic heterocycles. The zero-order chi connectivity index (χ0) is 23.4. The highest BCUT2D eigenvalue weighted by Gasteiger charge is 2.41. The topological polar surface area (TPSA) is 81.7 Å². The molecule has 32 heavy (non-hydrogen) atoms. The van der Waals surface area contributed by atoms with Crippen molar-refractivity contribution in [3.8, 4) is 11.1 Å². The molecule has 2 aromatic rings. The first-order valence-electron chi connectivity index (χ1n) is 11.0. The number of halogens is 1. The van der Waals surface area contributed by atoms with Gasteiger partial charge in [0.15, 0.2) is 0 Å². The zero-order valence-electron chi connectivity index (χ0n) is 19.0. The number of aliphatic hydroxyl groups is 1. The molecular weight excluding hydrogens is 409 g/mol. The number of amides is 2. The Kier molecular flexibility index (Phi) is 7.64. The molecule has 3 rings (SSSR count). The first kappa shape index (κ1) is 23.9. The van der Waals surface area contributed by atoms with E-state index in [0.29, 0.717) is 5.56 Å². The Labute approximate surface area is 188 Å². The van der Waals surface area contributed by atoms with Gasteiger partial charge in [-0.2, -0.15) is 0 Å². The van der Waals surface area contributed by atoms with Crippen molar-refractivity contribution in [2.75, 3.05) is 13.6 Å².